The predicted octanol–water partition coefficient (Wildman–Crippen LogP) is 1.92. The largest absolute Gasteiger partial charge is 0.507 e. The summed E-state index contributed by atoms with van der Waals surface area (Å²) in [7, 11) is 0. The maximum Gasteiger partial charge on any atom is 0.207 e. The third-order valence-electron chi connectivity index (χ3n) is 3.93. The first-order valence-corrected chi connectivity index (χ1v) is 7.26. The SMILES string of the molecule is CC(C)C(Cc1ccc(C2(C)OCCO2)c(O)c1)NC=O. The lowest BCUT2D eigenvalue weighted by Gasteiger charge is -2.25. The average molecular weight is 293 g/mol. The van der Waals surface area contributed by atoms with Crippen LogP contribution in [0.1, 0.15) is 31.9 Å². The van der Waals surface area contributed by atoms with Crippen LogP contribution in [0.25, 0.3) is 0 Å². The number of nitrogens with one attached hydrogen (secondary N) is 1. The summed E-state index contributed by atoms with van der Waals surface area (Å²) >= 11 is 0. The van der Waals surface area contributed by atoms with E-state index in [1.54, 1.807) is 13.0 Å². The van der Waals surface area contributed by atoms with Gasteiger partial charge in [0.1, 0.15) is 5.75 Å². The van der Waals surface area contributed by atoms with Gasteiger partial charge in [0.15, 0.2) is 5.79 Å². The zero-order chi connectivity index (χ0) is 15.5. The van der Waals surface area contributed by atoms with Crippen molar-refractivity contribution in [3.05, 3.63) is 29.3 Å². The van der Waals surface area contributed by atoms with Crippen molar-refractivity contribution >= 4 is 6.41 Å². The van der Waals surface area contributed by atoms with E-state index in [2.05, 4.69) is 19.2 Å². The molecule has 1 fully saturated rings. The van der Waals surface area contributed by atoms with Crippen molar-refractivity contribution < 1.29 is 19.4 Å². The molecule has 1 amide bonds. The minimum absolute atomic E-state index is 0.0438. The minimum atomic E-state index is -0.874. The molecule has 1 saturated heterocycles. The van der Waals surface area contributed by atoms with Crippen LogP contribution in [0, 0.1) is 5.92 Å². The van der Waals surface area contributed by atoms with E-state index < -0.39 is 5.79 Å². The fourth-order valence-electron chi connectivity index (χ4n) is 2.59. The summed E-state index contributed by atoms with van der Waals surface area (Å²) in [5.74, 6) is -0.400. The molecule has 0 radical (unpaired) electrons. The second-order valence-corrected chi connectivity index (χ2v) is 5.83. The molecule has 1 unspecified atom stereocenters. The van der Waals surface area contributed by atoms with Crippen LogP contribution in [-0.4, -0.2) is 30.8 Å². The molecule has 0 spiro atoms. The van der Waals surface area contributed by atoms with Crippen molar-refractivity contribution in [3.63, 3.8) is 0 Å². The lowest BCUT2D eigenvalue weighted by molar-refractivity contribution is -0.150. The predicted molar refractivity (Wildman–Crippen MR) is 78.9 cm³/mol. The van der Waals surface area contributed by atoms with Gasteiger partial charge in [-0.15, -0.1) is 0 Å². The van der Waals surface area contributed by atoms with Gasteiger partial charge in [-0.25, -0.2) is 0 Å². The van der Waals surface area contributed by atoms with Gasteiger partial charge in [-0.3, -0.25) is 4.79 Å². The highest BCUT2D eigenvalue weighted by atomic mass is 16.7. The van der Waals surface area contributed by atoms with E-state index in [0.717, 1.165) is 12.0 Å². The molecular formula is C16H23NO4. The summed E-state index contributed by atoms with van der Waals surface area (Å²) < 4.78 is 11.1. The third-order valence-corrected chi connectivity index (χ3v) is 3.93. The van der Waals surface area contributed by atoms with Crippen molar-refractivity contribution in [3.8, 4) is 5.75 Å². The van der Waals surface area contributed by atoms with E-state index in [1.165, 1.54) is 0 Å². The number of aromatic hydroxyl groups is 1. The zero-order valence-corrected chi connectivity index (χ0v) is 12.8. The van der Waals surface area contributed by atoms with Crippen LogP contribution in [0.3, 0.4) is 0 Å². The Labute approximate surface area is 125 Å². The fourth-order valence-corrected chi connectivity index (χ4v) is 2.59. The number of hydrogen-bond donors (Lipinski definition) is 2. The molecule has 0 saturated carbocycles. The molecule has 116 valence electrons. The van der Waals surface area contributed by atoms with E-state index >= 15 is 0 Å². The van der Waals surface area contributed by atoms with Gasteiger partial charge in [0, 0.05) is 6.04 Å². The molecule has 5 heteroatoms. The van der Waals surface area contributed by atoms with Gasteiger partial charge in [0.25, 0.3) is 0 Å². The summed E-state index contributed by atoms with van der Waals surface area (Å²) in [6.45, 7) is 6.96. The van der Waals surface area contributed by atoms with Gasteiger partial charge in [-0.2, -0.15) is 0 Å². The Morgan fingerprint density at radius 2 is 2.05 bits per heavy atom. The molecule has 0 bridgehead atoms. The normalized spacial score (nSPS) is 18.7. The Morgan fingerprint density at radius 1 is 1.38 bits per heavy atom. The number of phenols is 1. The number of rotatable bonds is 6. The molecule has 0 aromatic heterocycles. The van der Waals surface area contributed by atoms with Crippen LogP contribution < -0.4 is 5.32 Å². The maximum absolute atomic E-state index is 10.7. The van der Waals surface area contributed by atoms with E-state index in [0.29, 0.717) is 31.1 Å². The van der Waals surface area contributed by atoms with E-state index in [1.807, 2.05) is 12.1 Å². The first kappa shape index (κ1) is 15.8. The number of carbonyl (C=O) groups is 1. The quantitative estimate of drug-likeness (QED) is 0.786. The maximum atomic E-state index is 10.7. The molecule has 2 N–H and O–H groups in total. The topological polar surface area (TPSA) is 67.8 Å². The number of ether oxygens (including phenoxy) is 2. The van der Waals surface area contributed by atoms with Gasteiger partial charge < -0.3 is 19.9 Å². The first-order valence-electron chi connectivity index (χ1n) is 7.26. The van der Waals surface area contributed by atoms with Gasteiger partial charge in [0.05, 0.1) is 18.8 Å². The summed E-state index contributed by atoms with van der Waals surface area (Å²) in [6.07, 6.45) is 1.39. The number of amides is 1. The van der Waals surface area contributed by atoms with Crippen molar-refractivity contribution in [2.75, 3.05) is 13.2 Å². The molecule has 0 aliphatic carbocycles. The first-order chi connectivity index (χ1) is 9.96. The van der Waals surface area contributed by atoms with Crippen LogP contribution in [0.15, 0.2) is 18.2 Å². The van der Waals surface area contributed by atoms with Crippen LogP contribution in [-0.2, 0) is 26.5 Å². The Balaban J connectivity index is 2.17. The summed E-state index contributed by atoms with van der Waals surface area (Å²) in [5, 5.41) is 13.1. The average Bonchev–Trinajstić information content (AvgIpc) is 2.86. The van der Waals surface area contributed by atoms with Crippen molar-refractivity contribution in [1.29, 1.82) is 0 Å². The van der Waals surface area contributed by atoms with E-state index in [-0.39, 0.29) is 11.8 Å². The van der Waals surface area contributed by atoms with Crippen molar-refractivity contribution in [2.24, 2.45) is 5.92 Å². The van der Waals surface area contributed by atoms with Gasteiger partial charge >= 0.3 is 0 Å². The van der Waals surface area contributed by atoms with E-state index in [9.17, 15) is 9.90 Å². The van der Waals surface area contributed by atoms with Crippen LogP contribution in [0.4, 0.5) is 0 Å². The Morgan fingerprint density at radius 3 is 2.57 bits per heavy atom. The lowest BCUT2D eigenvalue weighted by Crippen LogP contribution is -2.34. The minimum Gasteiger partial charge on any atom is -0.507 e. The van der Waals surface area contributed by atoms with Crippen LogP contribution in [0.5, 0.6) is 5.75 Å². The highest BCUT2D eigenvalue weighted by Gasteiger charge is 2.35. The molecule has 1 atom stereocenters. The van der Waals surface area contributed by atoms with Gasteiger partial charge in [0.2, 0.25) is 6.41 Å². The smallest absolute Gasteiger partial charge is 0.207 e. The Hall–Kier alpha value is -1.59. The number of carbonyl (C=O) groups excluding carboxylic acids is 1. The Kier molecular flexibility index (Phi) is 4.85. The summed E-state index contributed by atoms with van der Waals surface area (Å²) in [6, 6.07) is 5.52. The summed E-state index contributed by atoms with van der Waals surface area (Å²) in [4.78, 5) is 10.7. The fraction of sp³-hybridized carbons (Fsp3) is 0.562. The molecule has 1 aliphatic heterocycles. The summed E-state index contributed by atoms with van der Waals surface area (Å²) in [5.41, 5.74) is 1.60. The standard InChI is InChI=1S/C16H23NO4/c1-11(2)14(17-10-18)8-12-4-5-13(15(19)9-12)16(3)20-6-7-21-16/h4-5,9-11,14,19H,6-8H2,1-3H3,(H,17,18). The van der Waals surface area contributed by atoms with Crippen molar-refractivity contribution in [1.82, 2.24) is 5.32 Å². The molecular weight excluding hydrogens is 270 g/mol. The highest BCUT2D eigenvalue weighted by Crippen LogP contribution is 2.36. The van der Waals surface area contributed by atoms with Crippen LogP contribution in [0.2, 0.25) is 0 Å². The zero-order valence-electron chi connectivity index (χ0n) is 12.8. The molecule has 1 aromatic carbocycles. The van der Waals surface area contributed by atoms with Gasteiger partial charge in [-0.05, 0) is 37.0 Å². The number of hydrogen-bond acceptors (Lipinski definition) is 4. The molecule has 2 rings (SSSR count). The Bertz CT molecular complexity index is 495. The van der Waals surface area contributed by atoms with Gasteiger partial charge in [-0.1, -0.05) is 19.9 Å². The van der Waals surface area contributed by atoms with Crippen molar-refractivity contribution in [2.45, 2.75) is 39.0 Å². The third kappa shape index (κ3) is 3.54. The molecule has 1 aliphatic rings. The highest BCUT2D eigenvalue weighted by molar-refractivity contribution is 5.47. The second kappa shape index (κ2) is 6.45. The lowest BCUT2D eigenvalue weighted by atomic mass is 9.94. The monoisotopic (exact) mass is 293 g/mol. The second-order valence-electron chi connectivity index (χ2n) is 5.83. The number of benzene rings is 1. The van der Waals surface area contributed by atoms with E-state index in [4.69, 9.17) is 9.47 Å². The molecule has 5 nitrogen and oxygen atoms in total. The molecule has 21 heavy (non-hydrogen) atoms. The van der Waals surface area contributed by atoms with Crippen LogP contribution >= 0.6 is 0 Å². The number of phenolic OH excluding ortho intramolecular Hbond substituents is 1. The molecule has 1 aromatic rings. The molecule has 1 heterocycles.